The van der Waals surface area contributed by atoms with Crippen LogP contribution in [0.1, 0.15) is 63.1 Å². The van der Waals surface area contributed by atoms with Gasteiger partial charge >= 0.3 is 12.4 Å². The number of methoxy groups -OCH3 is 1. The molecular weight excluding hydrogens is 743 g/mol. The largest absolute Gasteiger partial charge is 0.504 e. The SMILES string of the molecule is CC/C(=C\c1cc(I)c(O)c(OC)c1)CC[C@H]1OC[C@H]2C1=C(C(C)C)C[C@H]1C(=O)N(c3cc(C(F)(F)F)cc(C(F)(F)F)c3)C(=O)[C@H]12. The molecule has 4 atom stereocenters. The van der Waals surface area contributed by atoms with Gasteiger partial charge in [-0.05, 0) is 95.7 Å². The van der Waals surface area contributed by atoms with Crippen molar-refractivity contribution in [3.63, 3.8) is 0 Å². The van der Waals surface area contributed by atoms with Gasteiger partial charge in [0.2, 0.25) is 11.8 Å². The molecule has 0 spiro atoms. The molecule has 1 aliphatic carbocycles. The maximum absolute atomic E-state index is 13.8. The fraction of sp³-hybridized carbons (Fsp3) is 0.471. The van der Waals surface area contributed by atoms with Crippen molar-refractivity contribution in [3.05, 3.63) is 67.3 Å². The molecule has 0 radical (unpaired) electrons. The molecule has 2 heterocycles. The molecule has 47 heavy (non-hydrogen) atoms. The van der Waals surface area contributed by atoms with Crippen molar-refractivity contribution in [1.29, 1.82) is 0 Å². The number of alkyl halides is 6. The van der Waals surface area contributed by atoms with Crippen LogP contribution < -0.4 is 9.64 Å². The van der Waals surface area contributed by atoms with Gasteiger partial charge in [-0.15, -0.1) is 0 Å². The van der Waals surface area contributed by atoms with Crippen LogP contribution in [-0.2, 0) is 26.7 Å². The fourth-order valence-electron chi connectivity index (χ4n) is 7.02. The molecule has 2 amide bonds. The van der Waals surface area contributed by atoms with Gasteiger partial charge in [-0.3, -0.25) is 9.59 Å². The number of imide groups is 1. The second kappa shape index (κ2) is 13.1. The Morgan fingerprint density at radius 3 is 2.23 bits per heavy atom. The van der Waals surface area contributed by atoms with E-state index in [-0.39, 0.29) is 36.9 Å². The van der Waals surface area contributed by atoms with E-state index in [0.29, 0.717) is 39.2 Å². The van der Waals surface area contributed by atoms with E-state index in [9.17, 15) is 41.0 Å². The Hall–Kier alpha value is -3.07. The summed E-state index contributed by atoms with van der Waals surface area (Å²) in [6.07, 6.45) is -6.49. The lowest BCUT2D eigenvalue weighted by molar-refractivity contribution is -0.143. The number of phenols is 1. The van der Waals surface area contributed by atoms with E-state index in [1.165, 1.54) is 7.11 Å². The molecular formula is C34H34F6INO5. The Labute approximate surface area is 281 Å². The van der Waals surface area contributed by atoms with Crippen LogP contribution in [0.15, 0.2) is 47.1 Å². The molecule has 2 fully saturated rings. The average molecular weight is 778 g/mol. The molecule has 0 bridgehead atoms. The maximum Gasteiger partial charge on any atom is 0.416 e. The average Bonchev–Trinajstić information content (AvgIpc) is 3.53. The standard InChI is InChI=1S/C34H34F6INO5/c1-5-17(8-18-9-25(41)30(43)27(10-18)46-4)6-7-26-28-22(16(2)3)14-23-29(24(28)15-47-26)32(45)42(31(23)44)21-12-19(33(35,36)37)11-20(13-21)34(38,39)40/h8-13,16,23-24,26,29,43H,5-7,14-15H2,1-4H3/b17-8+/t23-,24+,26-,29-/m1/s1. The van der Waals surface area contributed by atoms with Gasteiger partial charge in [0.05, 0.1) is 52.0 Å². The third-order valence-corrected chi connectivity index (χ3v) is 10.1. The predicted octanol–water partition coefficient (Wildman–Crippen LogP) is 8.79. The fourth-order valence-corrected chi connectivity index (χ4v) is 7.64. The Bertz CT molecular complexity index is 1610. The van der Waals surface area contributed by atoms with Gasteiger partial charge in [-0.1, -0.05) is 38.0 Å². The number of allylic oxidation sites excluding steroid dienone is 2. The van der Waals surface area contributed by atoms with Crippen molar-refractivity contribution < 1.29 is 50.5 Å². The number of hydrogen-bond acceptors (Lipinski definition) is 5. The molecule has 2 aromatic rings. The first-order chi connectivity index (χ1) is 22.0. The van der Waals surface area contributed by atoms with Crippen LogP contribution in [0, 0.1) is 27.2 Å². The molecule has 2 saturated heterocycles. The van der Waals surface area contributed by atoms with E-state index >= 15 is 0 Å². The van der Waals surface area contributed by atoms with Crippen molar-refractivity contribution in [2.45, 2.75) is 64.9 Å². The van der Waals surface area contributed by atoms with Crippen molar-refractivity contribution in [1.82, 2.24) is 0 Å². The number of benzene rings is 2. The maximum atomic E-state index is 13.8. The Morgan fingerprint density at radius 1 is 1.04 bits per heavy atom. The Morgan fingerprint density at radius 2 is 1.68 bits per heavy atom. The van der Waals surface area contributed by atoms with Gasteiger partial charge in [0, 0.05) is 5.92 Å². The summed E-state index contributed by atoms with van der Waals surface area (Å²) in [5.41, 5.74) is -0.135. The number of rotatable bonds is 8. The minimum atomic E-state index is -5.13. The normalized spacial score (nSPS) is 23.6. The van der Waals surface area contributed by atoms with E-state index in [1.807, 2.05) is 55.5 Å². The lowest BCUT2D eigenvalue weighted by Crippen LogP contribution is -2.35. The van der Waals surface area contributed by atoms with Crippen LogP contribution in [0.4, 0.5) is 32.0 Å². The molecule has 3 aliphatic rings. The summed E-state index contributed by atoms with van der Waals surface area (Å²) in [6.45, 7) is 6.03. The van der Waals surface area contributed by atoms with E-state index in [2.05, 4.69) is 0 Å². The van der Waals surface area contributed by atoms with E-state index < -0.39 is 58.7 Å². The molecule has 5 rings (SSSR count). The van der Waals surface area contributed by atoms with Crippen LogP contribution in [0.2, 0.25) is 0 Å². The zero-order valence-electron chi connectivity index (χ0n) is 26.1. The first kappa shape index (κ1) is 35.2. The summed E-state index contributed by atoms with van der Waals surface area (Å²) in [4.78, 5) is 28.0. The molecule has 0 unspecified atom stereocenters. The smallest absolute Gasteiger partial charge is 0.416 e. The summed E-state index contributed by atoms with van der Waals surface area (Å²) in [5.74, 6) is -3.64. The van der Waals surface area contributed by atoms with Crippen LogP contribution in [0.3, 0.4) is 0 Å². The molecule has 2 aromatic carbocycles. The Balaban J connectivity index is 1.44. The topological polar surface area (TPSA) is 76.1 Å². The zero-order valence-corrected chi connectivity index (χ0v) is 28.2. The number of halogens is 7. The van der Waals surface area contributed by atoms with Crippen LogP contribution in [-0.4, -0.2) is 36.7 Å². The lowest BCUT2D eigenvalue weighted by Gasteiger charge is -2.33. The summed E-state index contributed by atoms with van der Waals surface area (Å²) >= 11 is 2.03. The molecule has 13 heteroatoms. The highest BCUT2D eigenvalue weighted by molar-refractivity contribution is 14.1. The summed E-state index contributed by atoms with van der Waals surface area (Å²) in [6, 6.07) is 4.42. The van der Waals surface area contributed by atoms with Gasteiger partial charge in [0.15, 0.2) is 11.5 Å². The highest BCUT2D eigenvalue weighted by Crippen LogP contribution is 2.52. The number of carbonyl (C=O) groups excluding carboxylic acids is 2. The number of carbonyl (C=O) groups is 2. The minimum Gasteiger partial charge on any atom is -0.504 e. The first-order valence-corrected chi connectivity index (χ1v) is 16.3. The molecule has 1 N–H and O–H groups in total. The summed E-state index contributed by atoms with van der Waals surface area (Å²) in [5, 5.41) is 10.2. The van der Waals surface area contributed by atoms with Crippen LogP contribution in [0.25, 0.3) is 6.08 Å². The second-order valence-electron chi connectivity index (χ2n) is 12.4. The molecule has 6 nitrogen and oxygen atoms in total. The summed E-state index contributed by atoms with van der Waals surface area (Å²) < 4.78 is 93.9. The lowest BCUT2D eigenvalue weighted by atomic mass is 9.67. The van der Waals surface area contributed by atoms with Gasteiger partial charge in [-0.25, -0.2) is 4.90 Å². The molecule has 0 saturated carbocycles. The van der Waals surface area contributed by atoms with Gasteiger partial charge < -0.3 is 14.6 Å². The van der Waals surface area contributed by atoms with E-state index in [0.717, 1.165) is 28.7 Å². The van der Waals surface area contributed by atoms with Crippen LogP contribution in [0.5, 0.6) is 11.5 Å². The number of hydrogen-bond donors (Lipinski definition) is 1. The van der Waals surface area contributed by atoms with Gasteiger partial charge in [0.25, 0.3) is 0 Å². The van der Waals surface area contributed by atoms with Crippen molar-refractivity contribution >= 4 is 46.2 Å². The molecule has 0 aromatic heterocycles. The molecule has 254 valence electrons. The number of aromatic hydroxyl groups is 1. The van der Waals surface area contributed by atoms with E-state index in [1.54, 1.807) is 6.07 Å². The third-order valence-electron chi connectivity index (χ3n) is 9.29. The number of fused-ring (bicyclic) bond motifs is 3. The highest BCUT2D eigenvalue weighted by Gasteiger charge is 2.58. The first-order valence-electron chi connectivity index (χ1n) is 15.2. The monoisotopic (exact) mass is 777 g/mol. The number of ether oxygens (including phenoxy) is 2. The second-order valence-corrected chi connectivity index (χ2v) is 13.6. The zero-order chi connectivity index (χ0) is 34.6. The third kappa shape index (κ3) is 6.79. The van der Waals surface area contributed by atoms with Crippen molar-refractivity contribution in [2.75, 3.05) is 18.6 Å². The highest BCUT2D eigenvalue weighted by atomic mass is 127. The van der Waals surface area contributed by atoms with Crippen LogP contribution >= 0.6 is 22.6 Å². The minimum absolute atomic E-state index is 0.0224. The molecule has 2 aliphatic heterocycles. The number of phenolic OH excluding ortho intramolecular Hbond substituents is 1. The van der Waals surface area contributed by atoms with Gasteiger partial charge in [0.1, 0.15) is 0 Å². The van der Waals surface area contributed by atoms with Crippen molar-refractivity contribution in [3.8, 4) is 11.5 Å². The predicted molar refractivity (Wildman–Crippen MR) is 171 cm³/mol. The number of nitrogens with zero attached hydrogens (tertiary/aromatic N) is 1. The summed E-state index contributed by atoms with van der Waals surface area (Å²) in [7, 11) is 1.48. The van der Waals surface area contributed by atoms with E-state index in [4.69, 9.17) is 9.47 Å². The quantitative estimate of drug-likeness (QED) is 0.126. The van der Waals surface area contributed by atoms with Gasteiger partial charge in [-0.2, -0.15) is 26.3 Å². The number of anilines is 1. The van der Waals surface area contributed by atoms with Crippen molar-refractivity contribution in [2.24, 2.45) is 23.7 Å². The number of amides is 2. The Kier molecular flexibility index (Phi) is 9.82.